The number of hydrogen-bond donors (Lipinski definition) is 4. The van der Waals surface area contributed by atoms with E-state index in [4.69, 9.17) is 29.2 Å². The zero-order valence-corrected chi connectivity index (χ0v) is 23.2. The van der Waals surface area contributed by atoms with Crippen molar-refractivity contribution in [1.82, 2.24) is 4.90 Å². The SMILES string of the molecule is COc1ccc2c3c1O[C@H]1C(OC(=O)C(O)CC(=O)OC(C)C(=O)O)=CC[C@@]4(O)[C@@H](C2)N(C)CC[C@]314.O=C(O)C(F)(F)F. The van der Waals surface area contributed by atoms with Gasteiger partial charge in [-0.3, -0.25) is 4.79 Å². The van der Waals surface area contributed by atoms with Crippen LogP contribution in [0.4, 0.5) is 13.2 Å². The lowest BCUT2D eigenvalue weighted by Gasteiger charge is -2.61. The Labute approximate surface area is 242 Å². The van der Waals surface area contributed by atoms with Crippen LogP contribution in [0.2, 0.25) is 0 Å². The molecule has 2 aliphatic heterocycles. The summed E-state index contributed by atoms with van der Waals surface area (Å²) in [7, 11) is 3.51. The van der Waals surface area contributed by atoms with Crippen molar-refractivity contribution in [3.05, 3.63) is 35.1 Å². The van der Waals surface area contributed by atoms with Crippen LogP contribution >= 0.6 is 0 Å². The molecule has 0 aromatic heterocycles. The minimum Gasteiger partial charge on any atom is -0.493 e. The number of aliphatic carboxylic acids is 2. The average Bonchev–Trinajstić information content (AvgIpc) is 3.27. The van der Waals surface area contributed by atoms with E-state index in [2.05, 4.69) is 9.64 Å². The smallest absolute Gasteiger partial charge is 0.490 e. The molecular weight excluding hydrogens is 587 g/mol. The van der Waals surface area contributed by atoms with Crippen molar-refractivity contribution in [2.24, 2.45) is 0 Å². The molecule has 2 bridgehead atoms. The van der Waals surface area contributed by atoms with Gasteiger partial charge in [-0.25, -0.2) is 14.4 Å². The summed E-state index contributed by atoms with van der Waals surface area (Å²) in [5.74, 6) is -5.09. The summed E-state index contributed by atoms with van der Waals surface area (Å²) in [5, 5.41) is 38.4. The molecule has 1 aromatic rings. The number of methoxy groups -OCH3 is 1. The van der Waals surface area contributed by atoms with Crippen LogP contribution in [0.15, 0.2) is 24.0 Å². The topological polar surface area (TPSA) is 189 Å². The second-order valence-electron chi connectivity index (χ2n) is 10.7. The summed E-state index contributed by atoms with van der Waals surface area (Å²) in [4.78, 5) is 46.6. The molecule has 6 atom stereocenters. The minimum atomic E-state index is -5.08. The van der Waals surface area contributed by atoms with E-state index in [0.29, 0.717) is 30.9 Å². The van der Waals surface area contributed by atoms with Gasteiger partial charge in [0.05, 0.1) is 24.5 Å². The van der Waals surface area contributed by atoms with Gasteiger partial charge in [0.25, 0.3) is 0 Å². The highest BCUT2D eigenvalue weighted by molar-refractivity contribution is 5.84. The van der Waals surface area contributed by atoms with Crippen LogP contribution in [0.25, 0.3) is 0 Å². The number of aliphatic hydroxyl groups excluding tert-OH is 1. The molecule has 0 saturated carbocycles. The number of ether oxygens (including phenoxy) is 4. The van der Waals surface area contributed by atoms with E-state index < -0.39 is 65.8 Å². The first-order chi connectivity index (χ1) is 20.0. The Bertz CT molecular complexity index is 1360. The first-order valence-corrected chi connectivity index (χ1v) is 13.1. The lowest BCUT2D eigenvalue weighted by atomic mass is 9.50. The van der Waals surface area contributed by atoms with Crippen LogP contribution in [0.1, 0.15) is 37.3 Å². The molecule has 43 heavy (non-hydrogen) atoms. The molecule has 2 unspecified atom stereocenters. The Morgan fingerprint density at radius 1 is 1.21 bits per heavy atom. The van der Waals surface area contributed by atoms with Crippen LogP contribution in [0.5, 0.6) is 11.5 Å². The third-order valence-corrected chi connectivity index (χ3v) is 8.31. The van der Waals surface area contributed by atoms with E-state index in [0.717, 1.165) is 18.1 Å². The molecule has 2 aliphatic carbocycles. The Morgan fingerprint density at radius 3 is 2.44 bits per heavy atom. The highest BCUT2D eigenvalue weighted by Gasteiger charge is 2.72. The number of likely N-dealkylation sites (tertiary alicyclic amines) is 1. The fraction of sp³-hybridized carbons (Fsp3) is 0.556. The first kappa shape index (κ1) is 32.0. The molecule has 1 fully saturated rings. The Morgan fingerprint density at radius 2 is 1.86 bits per heavy atom. The number of benzene rings is 1. The summed E-state index contributed by atoms with van der Waals surface area (Å²) in [5.41, 5.74) is -0.155. The van der Waals surface area contributed by atoms with Crippen LogP contribution in [-0.2, 0) is 40.5 Å². The molecule has 5 rings (SSSR count). The molecule has 2 heterocycles. The maximum Gasteiger partial charge on any atom is 0.490 e. The molecule has 0 radical (unpaired) electrons. The Hall–Kier alpha value is -3.89. The Balaban J connectivity index is 0.000000541. The van der Waals surface area contributed by atoms with Gasteiger partial charge in [-0.15, -0.1) is 0 Å². The zero-order chi connectivity index (χ0) is 32.1. The number of carbonyl (C=O) groups is 4. The summed E-state index contributed by atoms with van der Waals surface area (Å²) in [6.45, 7) is 1.86. The maximum absolute atomic E-state index is 12.7. The number of rotatable bonds is 7. The van der Waals surface area contributed by atoms with Gasteiger partial charge in [0.2, 0.25) is 0 Å². The van der Waals surface area contributed by atoms with Gasteiger partial charge in [0.1, 0.15) is 5.76 Å². The van der Waals surface area contributed by atoms with Crippen molar-refractivity contribution in [3.63, 3.8) is 0 Å². The van der Waals surface area contributed by atoms with Crippen molar-refractivity contribution in [3.8, 4) is 11.5 Å². The van der Waals surface area contributed by atoms with Crippen LogP contribution in [0.3, 0.4) is 0 Å². The van der Waals surface area contributed by atoms with Gasteiger partial charge >= 0.3 is 30.1 Å². The predicted octanol–water partition coefficient (Wildman–Crippen LogP) is 0.917. The fourth-order valence-corrected chi connectivity index (χ4v) is 6.31. The number of nitrogens with zero attached hydrogens (tertiary/aromatic N) is 1. The predicted molar refractivity (Wildman–Crippen MR) is 135 cm³/mol. The molecule has 4 aliphatic rings. The summed E-state index contributed by atoms with van der Waals surface area (Å²) >= 11 is 0. The van der Waals surface area contributed by atoms with E-state index in [1.807, 2.05) is 19.2 Å². The monoisotopic (exact) mass is 617 g/mol. The summed E-state index contributed by atoms with van der Waals surface area (Å²) < 4.78 is 53.9. The lowest BCUT2D eigenvalue weighted by molar-refractivity contribution is -0.192. The average molecular weight is 618 g/mol. The number of piperidine rings is 1. The highest BCUT2D eigenvalue weighted by atomic mass is 19.4. The van der Waals surface area contributed by atoms with Crippen molar-refractivity contribution >= 4 is 23.9 Å². The largest absolute Gasteiger partial charge is 0.493 e. The highest BCUT2D eigenvalue weighted by Crippen LogP contribution is 2.65. The van der Waals surface area contributed by atoms with Crippen molar-refractivity contribution in [2.45, 2.75) is 74.2 Å². The number of likely N-dealkylation sites (N-methyl/N-ethyl adjacent to an activating group) is 1. The third-order valence-electron chi connectivity index (χ3n) is 8.31. The number of carbonyl (C=O) groups excluding carboxylic acids is 2. The summed E-state index contributed by atoms with van der Waals surface area (Å²) in [6.07, 6.45) is -6.99. The van der Waals surface area contributed by atoms with Gasteiger partial charge in [-0.2, -0.15) is 13.2 Å². The molecule has 13 nitrogen and oxygen atoms in total. The number of halogens is 3. The van der Waals surface area contributed by atoms with Crippen LogP contribution in [-0.4, -0.2) is 106 Å². The molecule has 1 spiro atoms. The number of hydrogen-bond acceptors (Lipinski definition) is 11. The molecule has 0 amide bonds. The lowest BCUT2D eigenvalue weighted by Crippen LogP contribution is -2.74. The second-order valence-corrected chi connectivity index (χ2v) is 10.7. The van der Waals surface area contributed by atoms with E-state index in [1.54, 1.807) is 6.08 Å². The van der Waals surface area contributed by atoms with Crippen LogP contribution < -0.4 is 9.47 Å². The van der Waals surface area contributed by atoms with Gasteiger partial charge in [0, 0.05) is 18.0 Å². The van der Waals surface area contributed by atoms with Gasteiger partial charge in [-0.05, 0) is 51.1 Å². The van der Waals surface area contributed by atoms with Crippen molar-refractivity contribution in [2.75, 3.05) is 20.7 Å². The standard InChI is InChI=1S/C25H29NO10.C2HF3O2/c1-12(22(29)30)34-18(28)11-14(27)23(31)35-16-6-7-25(32)17-10-13-4-5-15(33-3)20-19(13)24(25,21(16)36-20)8-9-26(17)2;3-2(4,5)1(6)7/h4-6,12,14,17,21,27,32H,7-11H2,1-3H3,(H,29,30);(H,6,7)/t12?,14?,17-,21+,24+,25-;/m1./s1. The Kier molecular flexibility index (Phi) is 8.43. The second kappa shape index (κ2) is 11.3. The van der Waals surface area contributed by atoms with E-state index in [-0.39, 0.29) is 18.2 Å². The number of carboxylic acid groups (broad SMARTS) is 2. The van der Waals surface area contributed by atoms with Crippen molar-refractivity contribution < 1.29 is 71.7 Å². The van der Waals surface area contributed by atoms with E-state index in [1.165, 1.54) is 7.11 Å². The molecule has 4 N–H and O–H groups in total. The van der Waals surface area contributed by atoms with E-state index >= 15 is 0 Å². The fourth-order valence-electron chi connectivity index (χ4n) is 6.31. The number of esters is 2. The van der Waals surface area contributed by atoms with Gasteiger partial charge in [-0.1, -0.05) is 6.07 Å². The summed E-state index contributed by atoms with van der Waals surface area (Å²) in [6, 6.07) is 3.63. The normalized spacial score (nSPS) is 28.0. The quantitative estimate of drug-likeness (QED) is 0.317. The number of aliphatic hydroxyl groups is 2. The first-order valence-electron chi connectivity index (χ1n) is 13.1. The number of alkyl halides is 3. The van der Waals surface area contributed by atoms with Gasteiger partial charge < -0.3 is 44.3 Å². The molecule has 236 valence electrons. The molecular formula is C27H30F3NO12. The third kappa shape index (κ3) is 5.38. The zero-order valence-electron chi connectivity index (χ0n) is 23.2. The number of carboxylic acids is 2. The van der Waals surface area contributed by atoms with E-state index in [9.17, 15) is 37.8 Å². The van der Waals surface area contributed by atoms with Crippen molar-refractivity contribution in [1.29, 1.82) is 0 Å². The van der Waals surface area contributed by atoms with Crippen LogP contribution in [0, 0.1) is 0 Å². The van der Waals surface area contributed by atoms with Gasteiger partial charge in [0.15, 0.2) is 29.8 Å². The maximum atomic E-state index is 12.7. The molecule has 1 aromatic carbocycles. The molecule has 1 saturated heterocycles. The molecule has 16 heteroatoms. The minimum absolute atomic E-state index is 0.144.